The van der Waals surface area contributed by atoms with Crippen LogP contribution in [0.3, 0.4) is 0 Å². The third-order valence-electron chi connectivity index (χ3n) is 5.55. The van der Waals surface area contributed by atoms with Crippen LogP contribution in [-0.2, 0) is 22.1 Å². The summed E-state index contributed by atoms with van der Waals surface area (Å²) in [7, 11) is 1.57. The van der Waals surface area contributed by atoms with Gasteiger partial charge in [0, 0.05) is 12.7 Å². The predicted octanol–water partition coefficient (Wildman–Crippen LogP) is 8.01. The number of ether oxygens (including phenoxy) is 2. The topological polar surface area (TPSA) is 68.7 Å². The molecule has 1 unspecified atom stereocenters. The number of carbonyl (C=O) groups is 1. The van der Waals surface area contributed by atoms with Crippen molar-refractivity contribution in [3.8, 4) is 16.3 Å². The zero-order valence-corrected chi connectivity index (χ0v) is 22.2. The first kappa shape index (κ1) is 28.2. The quantitative estimate of drug-likeness (QED) is 0.286. The summed E-state index contributed by atoms with van der Waals surface area (Å²) in [6.07, 6.45) is -3.71. The van der Waals surface area contributed by atoms with Gasteiger partial charge >= 0.3 is 12.1 Å². The zero-order valence-electron chi connectivity index (χ0n) is 19.9. The van der Waals surface area contributed by atoms with E-state index in [2.05, 4.69) is 4.98 Å². The summed E-state index contributed by atoms with van der Waals surface area (Å²) in [4.78, 5) is 16.7. The third kappa shape index (κ3) is 6.32. The van der Waals surface area contributed by atoms with Gasteiger partial charge in [-0.2, -0.15) is 13.2 Å². The minimum Gasteiger partial charge on any atom is -0.478 e. The number of hydrogen-bond acceptors (Lipinski definition) is 5. The summed E-state index contributed by atoms with van der Waals surface area (Å²) in [5, 5.41) is 10.3. The average molecular weight is 562 g/mol. The Morgan fingerprint density at radius 3 is 2.31 bits per heavy atom. The number of halogens is 5. The fraction of sp³-hybridized carbons (Fsp3) is 0.360. The molecule has 1 heterocycles. The van der Waals surface area contributed by atoms with Gasteiger partial charge in [-0.25, -0.2) is 9.78 Å². The van der Waals surface area contributed by atoms with Gasteiger partial charge in [0.15, 0.2) is 5.60 Å². The number of hydrogen-bond donors (Lipinski definition) is 1. The van der Waals surface area contributed by atoms with Crippen molar-refractivity contribution in [3.05, 3.63) is 68.1 Å². The van der Waals surface area contributed by atoms with Crippen molar-refractivity contribution in [2.75, 3.05) is 7.11 Å². The van der Waals surface area contributed by atoms with Crippen molar-refractivity contribution >= 4 is 40.5 Å². The number of nitrogens with zero attached hydrogens (tertiary/aromatic N) is 1. The van der Waals surface area contributed by atoms with Crippen molar-refractivity contribution < 1.29 is 32.5 Å². The van der Waals surface area contributed by atoms with E-state index in [0.717, 1.165) is 28.3 Å². The first-order valence-corrected chi connectivity index (χ1v) is 12.4. The second kappa shape index (κ2) is 11.0. The lowest BCUT2D eigenvalue weighted by Crippen LogP contribution is -2.38. The Morgan fingerprint density at radius 1 is 1.11 bits per heavy atom. The molecule has 3 rings (SSSR count). The van der Waals surface area contributed by atoms with E-state index in [1.807, 2.05) is 6.92 Å². The molecule has 1 N–H and O–H groups in total. The van der Waals surface area contributed by atoms with E-state index in [1.165, 1.54) is 37.3 Å². The molecular formula is C25H24Cl2F3NO4S. The Bertz CT molecular complexity index is 1240. The standard InChI is InChI=1S/C25H24Cl2F3NO4S/c1-13-21(36-22(31-13)15-5-9-16(10-6-15)25(28,29)30)18(34-4)12-8-14-7-11-17(20(27)19(14)26)35-24(2,3)23(32)33/h5-7,9-11,18H,8,12H2,1-4H3,(H,32,33). The van der Waals surface area contributed by atoms with Crippen LogP contribution in [0.15, 0.2) is 36.4 Å². The van der Waals surface area contributed by atoms with Gasteiger partial charge in [0.1, 0.15) is 15.8 Å². The summed E-state index contributed by atoms with van der Waals surface area (Å²) < 4.78 is 49.8. The number of benzene rings is 2. The lowest BCUT2D eigenvalue weighted by molar-refractivity contribution is -0.152. The minimum absolute atomic E-state index is 0.121. The van der Waals surface area contributed by atoms with E-state index in [-0.39, 0.29) is 21.9 Å². The maximum atomic E-state index is 12.9. The van der Waals surface area contributed by atoms with E-state index in [9.17, 15) is 23.1 Å². The van der Waals surface area contributed by atoms with Gasteiger partial charge < -0.3 is 14.6 Å². The minimum atomic E-state index is -4.40. The van der Waals surface area contributed by atoms with Gasteiger partial charge in [-0.15, -0.1) is 11.3 Å². The smallest absolute Gasteiger partial charge is 0.416 e. The molecule has 0 aliphatic carbocycles. The van der Waals surface area contributed by atoms with Crippen LogP contribution in [0.25, 0.3) is 10.6 Å². The molecule has 0 saturated heterocycles. The summed E-state index contributed by atoms with van der Waals surface area (Å²) in [5.41, 5.74) is -0.149. The molecule has 0 bridgehead atoms. The van der Waals surface area contributed by atoms with Gasteiger partial charge in [-0.05, 0) is 57.4 Å². The molecule has 5 nitrogen and oxygen atoms in total. The molecular weight excluding hydrogens is 538 g/mol. The molecule has 0 amide bonds. The fourth-order valence-corrected chi connectivity index (χ4v) is 5.09. The molecule has 0 radical (unpaired) electrons. The molecule has 0 aliphatic heterocycles. The maximum Gasteiger partial charge on any atom is 0.416 e. The zero-order chi connectivity index (χ0) is 26.8. The molecule has 0 aliphatic rings. The molecule has 0 fully saturated rings. The van der Waals surface area contributed by atoms with E-state index < -0.39 is 23.3 Å². The predicted molar refractivity (Wildman–Crippen MR) is 134 cm³/mol. The molecule has 194 valence electrons. The van der Waals surface area contributed by atoms with Crippen molar-refractivity contribution in [1.82, 2.24) is 4.98 Å². The molecule has 1 aromatic heterocycles. The Labute approximate surface area is 220 Å². The van der Waals surface area contributed by atoms with Crippen LogP contribution in [0.1, 0.15) is 48.1 Å². The van der Waals surface area contributed by atoms with Crippen LogP contribution in [0.5, 0.6) is 5.75 Å². The number of aromatic nitrogens is 1. The lowest BCUT2D eigenvalue weighted by atomic mass is 10.0. The largest absolute Gasteiger partial charge is 0.478 e. The first-order chi connectivity index (χ1) is 16.7. The Hall–Kier alpha value is -2.33. The van der Waals surface area contributed by atoms with Gasteiger partial charge in [0.2, 0.25) is 0 Å². The van der Waals surface area contributed by atoms with Gasteiger partial charge in [0.25, 0.3) is 0 Å². The van der Waals surface area contributed by atoms with Crippen molar-refractivity contribution in [1.29, 1.82) is 0 Å². The monoisotopic (exact) mass is 561 g/mol. The van der Waals surface area contributed by atoms with E-state index >= 15 is 0 Å². The SMILES string of the molecule is COC(CCc1ccc(OC(C)(C)C(=O)O)c(Cl)c1Cl)c1sc(-c2ccc(C(F)(F)F)cc2)nc1C. The van der Waals surface area contributed by atoms with Gasteiger partial charge in [-0.3, -0.25) is 0 Å². The van der Waals surface area contributed by atoms with Crippen LogP contribution >= 0.6 is 34.5 Å². The van der Waals surface area contributed by atoms with Gasteiger partial charge in [-0.1, -0.05) is 41.4 Å². The molecule has 36 heavy (non-hydrogen) atoms. The van der Waals surface area contributed by atoms with Gasteiger partial charge in [0.05, 0.1) is 27.3 Å². The molecule has 11 heteroatoms. The Morgan fingerprint density at radius 2 is 1.75 bits per heavy atom. The normalized spacial score (nSPS) is 13.0. The highest BCUT2D eigenvalue weighted by molar-refractivity contribution is 7.15. The van der Waals surface area contributed by atoms with Crippen molar-refractivity contribution in [2.24, 2.45) is 0 Å². The molecule has 1 atom stereocenters. The first-order valence-electron chi connectivity index (χ1n) is 10.8. The summed E-state index contributed by atoms with van der Waals surface area (Å²) >= 11 is 14.2. The highest BCUT2D eigenvalue weighted by Gasteiger charge is 2.31. The number of aryl methyl sites for hydroxylation is 2. The van der Waals surface area contributed by atoms with Crippen LogP contribution in [0.2, 0.25) is 10.0 Å². The van der Waals surface area contributed by atoms with Crippen LogP contribution < -0.4 is 4.74 Å². The molecule has 0 saturated carbocycles. The number of aliphatic carboxylic acids is 1. The fourth-order valence-electron chi connectivity index (χ4n) is 3.44. The van der Waals surface area contributed by atoms with E-state index in [4.69, 9.17) is 32.7 Å². The third-order valence-corrected chi connectivity index (χ3v) is 7.75. The number of carboxylic acid groups (broad SMARTS) is 1. The Balaban J connectivity index is 1.77. The number of methoxy groups -OCH3 is 1. The number of alkyl halides is 3. The highest BCUT2D eigenvalue weighted by Crippen LogP contribution is 2.40. The Kier molecular flexibility index (Phi) is 8.60. The van der Waals surface area contributed by atoms with Crippen LogP contribution in [0.4, 0.5) is 13.2 Å². The van der Waals surface area contributed by atoms with E-state index in [1.54, 1.807) is 19.2 Å². The maximum absolute atomic E-state index is 12.9. The van der Waals surface area contributed by atoms with Crippen LogP contribution in [0, 0.1) is 6.92 Å². The number of rotatable bonds is 9. The molecule has 2 aromatic carbocycles. The average Bonchev–Trinajstić information content (AvgIpc) is 3.19. The number of carboxylic acids is 1. The van der Waals surface area contributed by atoms with Crippen molar-refractivity contribution in [2.45, 2.75) is 51.5 Å². The van der Waals surface area contributed by atoms with Crippen molar-refractivity contribution in [3.63, 3.8) is 0 Å². The second-order valence-corrected chi connectivity index (χ2v) is 10.4. The molecule has 0 spiro atoms. The summed E-state index contributed by atoms with van der Waals surface area (Å²) in [6.45, 7) is 4.64. The van der Waals surface area contributed by atoms with E-state index in [0.29, 0.717) is 23.4 Å². The lowest BCUT2D eigenvalue weighted by Gasteiger charge is -2.23. The summed E-state index contributed by atoms with van der Waals surface area (Å²) in [5.74, 6) is -0.974. The molecule has 3 aromatic rings. The van der Waals surface area contributed by atoms with Crippen LogP contribution in [-0.4, -0.2) is 28.8 Å². The number of thiazole rings is 1. The summed E-state index contributed by atoms with van der Waals surface area (Å²) in [6, 6.07) is 8.19. The second-order valence-electron chi connectivity index (χ2n) is 8.58. The highest BCUT2D eigenvalue weighted by atomic mass is 35.5.